The predicted octanol–water partition coefficient (Wildman–Crippen LogP) is 1.95. The molecule has 0 saturated heterocycles. The topological polar surface area (TPSA) is 84.9 Å². The maximum absolute atomic E-state index is 11.4. The van der Waals surface area contributed by atoms with Crippen LogP contribution in [-0.4, -0.2) is 42.0 Å². The van der Waals surface area contributed by atoms with Crippen LogP contribution in [0.2, 0.25) is 0 Å². The molecule has 0 bridgehead atoms. The van der Waals surface area contributed by atoms with Gasteiger partial charge in [0.2, 0.25) is 0 Å². The lowest BCUT2D eigenvalue weighted by atomic mass is 10.2. The van der Waals surface area contributed by atoms with E-state index in [4.69, 9.17) is 14.6 Å². The number of alkyl carbamates (subject to hydrolysis) is 1. The second kappa shape index (κ2) is 8.53. The van der Waals surface area contributed by atoms with Crippen molar-refractivity contribution in [3.05, 3.63) is 12.7 Å². The van der Waals surface area contributed by atoms with Gasteiger partial charge in [-0.1, -0.05) is 6.08 Å². The van der Waals surface area contributed by atoms with Gasteiger partial charge < -0.3 is 19.9 Å². The van der Waals surface area contributed by atoms with Gasteiger partial charge in [-0.25, -0.2) is 9.59 Å². The summed E-state index contributed by atoms with van der Waals surface area (Å²) in [5.41, 5.74) is -0.669. The summed E-state index contributed by atoms with van der Waals surface area (Å²) < 4.78 is 10.2. The van der Waals surface area contributed by atoms with Crippen LogP contribution in [0.4, 0.5) is 4.79 Å². The Morgan fingerprint density at radius 3 is 2.53 bits per heavy atom. The molecule has 0 aliphatic heterocycles. The van der Waals surface area contributed by atoms with Gasteiger partial charge in [0, 0.05) is 6.61 Å². The monoisotopic (exact) mass is 273 g/mol. The van der Waals surface area contributed by atoms with E-state index in [-0.39, 0.29) is 6.61 Å². The molecule has 0 heterocycles. The molecule has 0 rings (SSSR count). The van der Waals surface area contributed by atoms with E-state index in [1.807, 2.05) is 0 Å². The lowest BCUT2D eigenvalue weighted by Crippen LogP contribution is -2.46. The predicted molar refractivity (Wildman–Crippen MR) is 71.0 cm³/mol. The highest BCUT2D eigenvalue weighted by Gasteiger charge is 2.23. The van der Waals surface area contributed by atoms with Crippen LogP contribution in [0, 0.1) is 0 Å². The maximum Gasteiger partial charge on any atom is 0.408 e. The summed E-state index contributed by atoms with van der Waals surface area (Å²) in [4.78, 5) is 22.4. The van der Waals surface area contributed by atoms with Gasteiger partial charge in [-0.3, -0.25) is 0 Å². The molecule has 0 radical (unpaired) electrons. The average Bonchev–Trinajstić information content (AvgIpc) is 2.24. The zero-order chi connectivity index (χ0) is 14.9. The number of hydrogen-bond acceptors (Lipinski definition) is 4. The molecule has 1 unspecified atom stereocenters. The molecule has 6 nitrogen and oxygen atoms in total. The Kier molecular flexibility index (Phi) is 7.83. The fraction of sp³-hybridized carbons (Fsp3) is 0.692. The number of allylic oxidation sites excluding steroid dienone is 1. The van der Waals surface area contributed by atoms with E-state index < -0.39 is 23.7 Å². The van der Waals surface area contributed by atoms with E-state index in [2.05, 4.69) is 11.9 Å². The highest BCUT2D eigenvalue weighted by Crippen LogP contribution is 2.06. The Morgan fingerprint density at radius 1 is 1.42 bits per heavy atom. The Labute approximate surface area is 113 Å². The Hall–Kier alpha value is -1.56. The van der Waals surface area contributed by atoms with Gasteiger partial charge in [0.1, 0.15) is 5.60 Å². The quantitative estimate of drug-likeness (QED) is 0.521. The van der Waals surface area contributed by atoms with E-state index in [0.717, 1.165) is 12.8 Å². The molecule has 0 spiro atoms. The minimum absolute atomic E-state index is 0.0915. The summed E-state index contributed by atoms with van der Waals surface area (Å²) >= 11 is 0. The fourth-order valence-corrected chi connectivity index (χ4v) is 1.16. The van der Waals surface area contributed by atoms with Crippen LogP contribution >= 0.6 is 0 Å². The number of ether oxygens (including phenoxy) is 2. The first kappa shape index (κ1) is 17.4. The van der Waals surface area contributed by atoms with Crippen LogP contribution in [0.3, 0.4) is 0 Å². The van der Waals surface area contributed by atoms with Crippen molar-refractivity contribution in [1.29, 1.82) is 0 Å². The van der Waals surface area contributed by atoms with Gasteiger partial charge in [0.25, 0.3) is 0 Å². The third-order valence-corrected chi connectivity index (χ3v) is 1.97. The third-order valence-electron chi connectivity index (χ3n) is 1.97. The Balaban J connectivity index is 4.08. The number of amides is 1. The van der Waals surface area contributed by atoms with Crippen LogP contribution < -0.4 is 5.32 Å². The summed E-state index contributed by atoms with van der Waals surface area (Å²) in [7, 11) is 0. The van der Waals surface area contributed by atoms with Gasteiger partial charge in [-0.05, 0) is 33.6 Å². The molecule has 110 valence electrons. The summed E-state index contributed by atoms with van der Waals surface area (Å²) in [5, 5.41) is 11.2. The molecule has 19 heavy (non-hydrogen) atoms. The second-order valence-electron chi connectivity index (χ2n) is 5.04. The van der Waals surface area contributed by atoms with Crippen molar-refractivity contribution >= 4 is 12.1 Å². The van der Waals surface area contributed by atoms with Gasteiger partial charge in [0.05, 0.1) is 6.61 Å². The number of carbonyl (C=O) groups excluding carboxylic acids is 1. The Morgan fingerprint density at radius 2 is 2.05 bits per heavy atom. The number of carboxylic acid groups (broad SMARTS) is 1. The smallest absolute Gasteiger partial charge is 0.408 e. The number of hydrogen-bond donors (Lipinski definition) is 2. The van der Waals surface area contributed by atoms with Gasteiger partial charge in [-0.15, -0.1) is 6.58 Å². The van der Waals surface area contributed by atoms with Crippen LogP contribution in [-0.2, 0) is 14.3 Å². The second-order valence-corrected chi connectivity index (χ2v) is 5.04. The van der Waals surface area contributed by atoms with Gasteiger partial charge in [-0.2, -0.15) is 0 Å². The van der Waals surface area contributed by atoms with Crippen LogP contribution in [0.25, 0.3) is 0 Å². The molecule has 6 heteroatoms. The largest absolute Gasteiger partial charge is 0.480 e. The van der Waals surface area contributed by atoms with E-state index in [1.54, 1.807) is 26.8 Å². The highest BCUT2D eigenvalue weighted by molar-refractivity contribution is 5.80. The van der Waals surface area contributed by atoms with Crippen molar-refractivity contribution in [3.63, 3.8) is 0 Å². The van der Waals surface area contributed by atoms with E-state index in [9.17, 15) is 9.59 Å². The number of carbonyl (C=O) groups is 2. The minimum Gasteiger partial charge on any atom is -0.480 e. The first-order valence-electron chi connectivity index (χ1n) is 6.17. The lowest BCUT2D eigenvalue weighted by molar-refractivity contribution is -0.141. The first-order valence-corrected chi connectivity index (χ1v) is 6.17. The summed E-state index contributed by atoms with van der Waals surface area (Å²) in [6, 6.07) is -1.11. The molecular formula is C13H23NO5. The van der Waals surface area contributed by atoms with Gasteiger partial charge >= 0.3 is 12.1 Å². The molecule has 0 aromatic rings. The van der Waals surface area contributed by atoms with Crippen molar-refractivity contribution in [3.8, 4) is 0 Å². The SMILES string of the molecule is C=CCCCOCC(NC(=O)OC(C)(C)C)C(=O)O. The number of aliphatic carboxylic acids is 1. The Bertz CT molecular complexity index is 309. The van der Waals surface area contributed by atoms with Crippen LogP contribution in [0.5, 0.6) is 0 Å². The maximum atomic E-state index is 11.4. The summed E-state index contributed by atoms with van der Waals surface area (Å²) in [6.45, 7) is 9.01. The zero-order valence-electron chi connectivity index (χ0n) is 11.8. The van der Waals surface area contributed by atoms with Crippen molar-refractivity contribution in [1.82, 2.24) is 5.32 Å². The molecule has 0 aromatic heterocycles. The molecule has 0 saturated carbocycles. The molecular weight excluding hydrogens is 250 g/mol. The van der Waals surface area contributed by atoms with Crippen LogP contribution in [0.15, 0.2) is 12.7 Å². The van der Waals surface area contributed by atoms with Crippen molar-refractivity contribution in [2.75, 3.05) is 13.2 Å². The standard InChI is InChI=1S/C13H23NO5/c1-5-6-7-8-18-9-10(11(15)16)14-12(17)19-13(2,3)4/h5,10H,1,6-9H2,2-4H3,(H,14,17)(H,15,16). The van der Waals surface area contributed by atoms with Crippen molar-refractivity contribution in [2.45, 2.75) is 45.3 Å². The van der Waals surface area contributed by atoms with Crippen LogP contribution in [0.1, 0.15) is 33.6 Å². The van der Waals surface area contributed by atoms with Gasteiger partial charge in [0.15, 0.2) is 6.04 Å². The fourth-order valence-electron chi connectivity index (χ4n) is 1.16. The highest BCUT2D eigenvalue weighted by atomic mass is 16.6. The molecule has 0 aliphatic rings. The summed E-state index contributed by atoms with van der Waals surface area (Å²) in [5.74, 6) is -1.16. The van der Waals surface area contributed by atoms with Crippen molar-refractivity contribution in [2.24, 2.45) is 0 Å². The molecule has 2 N–H and O–H groups in total. The minimum atomic E-state index is -1.16. The number of unbranched alkanes of at least 4 members (excludes halogenated alkanes) is 1. The summed E-state index contributed by atoms with van der Waals surface area (Å²) in [6.07, 6.45) is 2.56. The lowest BCUT2D eigenvalue weighted by Gasteiger charge is -2.21. The molecule has 1 amide bonds. The number of carboxylic acids is 1. The number of nitrogens with one attached hydrogen (secondary N) is 1. The molecule has 0 aliphatic carbocycles. The number of rotatable bonds is 8. The van der Waals surface area contributed by atoms with Crippen molar-refractivity contribution < 1.29 is 24.2 Å². The molecule has 0 fully saturated rings. The van der Waals surface area contributed by atoms with E-state index in [1.165, 1.54) is 0 Å². The average molecular weight is 273 g/mol. The third kappa shape index (κ3) is 10.1. The zero-order valence-corrected chi connectivity index (χ0v) is 11.8. The van der Waals surface area contributed by atoms with E-state index in [0.29, 0.717) is 6.61 Å². The molecule has 0 aromatic carbocycles. The normalized spacial score (nSPS) is 12.6. The first-order chi connectivity index (χ1) is 8.76. The molecule has 1 atom stereocenters. The van der Waals surface area contributed by atoms with E-state index >= 15 is 0 Å².